The van der Waals surface area contributed by atoms with Crippen molar-refractivity contribution in [3.05, 3.63) is 35.9 Å². The van der Waals surface area contributed by atoms with E-state index in [1.165, 1.54) is 30.6 Å². The zero-order chi connectivity index (χ0) is 14.9. The van der Waals surface area contributed by atoms with Crippen LogP contribution in [0.3, 0.4) is 0 Å². The molecule has 0 aliphatic carbocycles. The first-order chi connectivity index (χ1) is 10.8. The van der Waals surface area contributed by atoms with E-state index in [1.807, 2.05) is 6.07 Å². The maximum Gasteiger partial charge on any atom is 0.163 e. The van der Waals surface area contributed by atoms with Crippen molar-refractivity contribution in [1.29, 1.82) is 0 Å². The molecular weight excluding hydrogens is 272 g/mol. The molecule has 0 N–H and O–H groups in total. The number of nitrogens with zero attached hydrogens (tertiary/aromatic N) is 4. The first-order valence-corrected chi connectivity index (χ1v) is 8.25. The van der Waals surface area contributed by atoms with Crippen LogP contribution in [0.2, 0.25) is 0 Å². The van der Waals surface area contributed by atoms with Crippen LogP contribution < -0.4 is 9.80 Å². The summed E-state index contributed by atoms with van der Waals surface area (Å²) >= 11 is 0. The van der Waals surface area contributed by atoms with Crippen molar-refractivity contribution in [1.82, 2.24) is 9.97 Å². The monoisotopic (exact) mass is 294 g/mol. The number of hydrogen-bond acceptors (Lipinski definition) is 4. The van der Waals surface area contributed by atoms with Gasteiger partial charge >= 0.3 is 0 Å². The van der Waals surface area contributed by atoms with Gasteiger partial charge in [-0.1, -0.05) is 30.3 Å². The van der Waals surface area contributed by atoms with Crippen molar-refractivity contribution in [3.63, 3.8) is 0 Å². The highest BCUT2D eigenvalue weighted by atomic mass is 15.3. The predicted octanol–water partition coefficient (Wildman–Crippen LogP) is 3.13. The van der Waals surface area contributed by atoms with E-state index in [1.54, 1.807) is 0 Å². The molecule has 0 amide bonds. The van der Waals surface area contributed by atoms with Crippen LogP contribution in [0.15, 0.2) is 30.3 Å². The molecule has 0 unspecified atom stereocenters. The first-order valence-electron chi connectivity index (χ1n) is 8.25. The third-order valence-corrected chi connectivity index (χ3v) is 4.71. The quantitative estimate of drug-likeness (QED) is 0.852. The summed E-state index contributed by atoms with van der Waals surface area (Å²) in [6.07, 6.45) is 4.95. The largest absolute Gasteiger partial charge is 0.359 e. The fourth-order valence-corrected chi connectivity index (χ4v) is 3.47. The average Bonchev–Trinajstić information content (AvgIpc) is 2.97. The number of rotatable bonds is 2. The Hall–Kier alpha value is -2.10. The second-order valence-corrected chi connectivity index (χ2v) is 6.26. The van der Waals surface area contributed by atoms with Gasteiger partial charge in [-0.05, 0) is 25.7 Å². The highest BCUT2D eigenvalue weighted by Crippen LogP contribution is 2.35. The number of fused-ring (bicyclic) bond motifs is 1. The molecule has 0 bridgehead atoms. The summed E-state index contributed by atoms with van der Waals surface area (Å²) in [5.41, 5.74) is 2.44. The number of benzene rings is 1. The normalized spacial score (nSPS) is 17.7. The molecule has 1 aromatic heterocycles. The molecule has 0 radical (unpaired) electrons. The fourth-order valence-electron chi connectivity index (χ4n) is 3.47. The lowest BCUT2D eigenvalue weighted by atomic mass is 10.1. The van der Waals surface area contributed by atoms with E-state index in [9.17, 15) is 0 Å². The van der Waals surface area contributed by atoms with E-state index < -0.39 is 0 Å². The fraction of sp³-hybridized carbons (Fsp3) is 0.444. The van der Waals surface area contributed by atoms with Crippen molar-refractivity contribution >= 4 is 11.6 Å². The Morgan fingerprint density at radius 2 is 1.59 bits per heavy atom. The van der Waals surface area contributed by atoms with E-state index in [4.69, 9.17) is 9.97 Å². The Morgan fingerprint density at radius 1 is 0.864 bits per heavy atom. The number of aromatic nitrogens is 2. The minimum atomic E-state index is 0.855. The van der Waals surface area contributed by atoms with Crippen molar-refractivity contribution in [2.24, 2.45) is 0 Å². The van der Waals surface area contributed by atoms with Gasteiger partial charge in [0.15, 0.2) is 5.82 Å². The smallest absolute Gasteiger partial charge is 0.163 e. The average molecular weight is 294 g/mol. The van der Waals surface area contributed by atoms with Crippen molar-refractivity contribution < 1.29 is 0 Å². The van der Waals surface area contributed by atoms with Crippen molar-refractivity contribution in [2.75, 3.05) is 36.5 Å². The van der Waals surface area contributed by atoms with E-state index in [0.29, 0.717) is 0 Å². The molecule has 4 rings (SSSR count). The minimum absolute atomic E-state index is 0.855. The molecule has 22 heavy (non-hydrogen) atoms. The molecule has 3 heterocycles. The summed E-state index contributed by atoms with van der Waals surface area (Å²) in [5, 5.41) is 0. The maximum atomic E-state index is 4.96. The minimum Gasteiger partial charge on any atom is -0.359 e. The van der Waals surface area contributed by atoms with Gasteiger partial charge < -0.3 is 9.80 Å². The van der Waals surface area contributed by atoms with Gasteiger partial charge in [0.25, 0.3) is 0 Å². The second kappa shape index (κ2) is 5.59. The molecule has 4 nitrogen and oxygen atoms in total. The van der Waals surface area contributed by atoms with E-state index in [-0.39, 0.29) is 0 Å². The van der Waals surface area contributed by atoms with Crippen LogP contribution in [0.25, 0.3) is 11.4 Å². The summed E-state index contributed by atoms with van der Waals surface area (Å²) in [6.45, 7) is 3.30. The van der Waals surface area contributed by atoms with Gasteiger partial charge in [-0.2, -0.15) is 0 Å². The Labute approximate surface area is 131 Å². The number of hydrogen-bond donors (Lipinski definition) is 0. The van der Waals surface area contributed by atoms with Gasteiger partial charge in [-0.15, -0.1) is 0 Å². The van der Waals surface area contributed by atoms with Gasteiger partial charge in [-0.3, -0.25) is 0 Å². The Morgan fingerprint density at radius 3 is 2.36 bits per heavy atom. The van der Waals surface area contributed by atoms with Crippen LogP contribution in [0, 0.1) is 0 Å². The Bertz CT molecular complexity index is 662. The summed E-state index contributed by atoms with van der Waals surface area (Å²) in [6, 6.07) is 10.3. The van der Waals surface area contributed by atoms with Crippen LogP contribution in [-0.4, -0.2) is 36.6 Å². The van der Waals surface area contributed by atoms with Crippen molar-refractivity contribution in [2.45, 2.75) is 25.7 Å². The Kier molecular flexibility index (Phi) is 3.45. The molecule has 1 fully saturated rings. The highest BCUT2D eigenvalue weighted by molar-refractivity contribution is 5.69. The molecule has 2 aliphatic heterocycles. The predicted molar refractivity (Wildman–Crippen MR) is 90.5 cm³/mol. The van der Waals surface area contributed by atoms with Gasteiger partial charge in [-0.25, -0.2) is 9.97 Å². The number of anilines is 2. The summed E-state index contributed by atoms with van der Waals surface area (Å²) in [4.78, 5) is 14.5. The third kappa shape index (κ3) is 2.32. The van der Waals surface area contributed by atoms with Gasteiger partial charge in [0, 0.05) is 37.8 Å². The van der Waals surface area contributed by atoms with E-state index >= 15 is 0 Å². The third-order valence-electron chi connectivity index (χ3n) is 4.71. The molecular formula is C18H22N4. The van der Waals surface area contributed by atoms with E-state index in [2.05, 4.69) is 41.1 Å². The van der Waals surface area contributed by atoms with Crippen LogP contribution in [0.5, 0.6) is 0 Å². The summed E-state index contributed by atoms with van der Waals surface area (Å²) in [7, 11) is 2.13. The van der Waals surface area contributed by atoms with Crippen molar-refractivity contribution in [3.8, 4) is 11.4 Å². The first kappa shape index (κ1) is 13.6. The summed E-state index contributed by atoms with van der Waals surface area (Å²) < 4.78 is 0. The molecule has 1 saturated heterocycles. The standard InChI is InChI=1S/C18H22N4/c1-21-13-10-15-17(21)19-16(14-8-4-2-5-9-14)20-18(15)22-11-6-3-7-12-22/h2,4-5,8-9H,3,6-7,10-13H2,1H3. The molecule has 0 spiro atoms. The molecule has 0 atom stereocenters. The summed E-state index contributed by atoms with van der Waals surface area (Å²) in [5.74, 6) is 3.15. The molecule has 2 aliphatic rings. The Balaban J connectivity index is 1.82. The molecule has 4 heteroatoms. The lowest BCUT2D eigenvalue weighted by molar-refractivity contribution is 0.572. The number of piperidine rings is 1. The van der Waals surface area contributed by atoms with Gasteiger partial charge in [0.2, 0.25) is 0 Å². The number of likely N-dealkylation sites (N-methyl/N-ethyl adjacent to an activating group) is 1. The second-order valence-electron chi connectivity index (χ2n) is 6.26. The zero-order valence-corrected chi connectivity index (χ0v) is 13.1. The lowest BCUT2D eigenvalue weighted by Crippen LogP contribution is -2.31. The molecule has 2 aromatic rings. The molecule has 0 saturated carbocycles. The molecule has 1 aromatic carbocycles. The van der Waals surface area contributed by atoms with Crippen LogP contribution >= 0.6 is 0 Å². The zero-order valence-electron chi connectivity index (χ0n) is 13.1. The van der Waals surface area contributed by atoms with Crippen LogP contribution in [0.1, 0.15) is 24.8 Å². The maximum absolute atomic E-state index is 4.96. The van der Waals surface area contributed by atoms with Gasteiger partial charge in [0.1, 0.15) is 11.6 Å². The molecule has 114 valence electrons. The van der Waals surface area contributed by atoms with E-state index in [0.717, 1.165) is 43.3 Å². The van der Waals surface area contributed by atoms with Gasteiger partial charge in [0.05, 0.1) is 0 Å². The highest BCUT2D eigenvalue weighted by Gasteiger charge is 2.27. The van der Waals surface area contributed by atoms with Crippen LogP contribution in [0.4, 0.5) is 11.6 Å². The topological polar surface area (TPSA) is 32.3 Å². The van der Waals surface area contributed by atoms with Crippen LogP contribution in [-0.2, 0) is 6.42 Å². The SMILES string of the molecule is CN1CCc2c1nc(-c1ccccc1)nc2N1CCCCC1. The lowest BCUT2D eigenvalue weighted by Gasteiger charge is -2.29.